The molecular formula is C28H19ClN4O. The fourth-order valence-electron chi connectivity index (χ4n) is 4.45. The minimum absolute atomic E-state index is 0.174. The molecule has 6 aromatic rings. The van der Waals surface area contributed by atoms with Gasteiger partial charge in [-0.15, -0.1) is 0 Å². The van der Waals surface area contributed by atoms with Crippen LogP contribution in [-0.4, -0.2) is 19.6 Å². The van der Waals surface area contributed by atoms with Crippen LogP contribution in [-0.2, 0) is 0 Å². The minimum atomic E-state index is -0.174. The predicted octanol–water partition coefficient (Wildman–Crippen LogP) is 6.53. The number of pyridine rings is 1. The first-order chi connectivity index (χ1) is 16.6. The van der Waals surface area contributed by atoms with Crippen LogP contribution in [0.3, 0.4) is 0 Å². The summed E-state index contributed by atoms with van der Waals surface area (Å²) in [5, 5.41) is 6.42. The molecule has 0 amide bonds. The second-order valence-corrected chi connectivity index (χ2v) is 8.63. The minimum Gasteiger partial charge on any atom is -0.343 e. The van der Waals surface area contributed by atoms with E-state index in [1.807, 2.05) is 91.9 Å². The van der Waals surface area contributed by atoms with Crippen LogP contribution < -0.4 is 5.56 Å². The lowest BCUT2D eigenvalue weighted by molar-refractivity contribution is 0.897. The average molecular weight is 463 g/mol. The summed E-state index contributed by atoms with van der Waals surface area (Å²) in [4.78, 5) is 21.7. The molecule has 0 atom stereocenters. The molecule has 34 heavy (non-hydrogen) atoms. The molecule has 0 unspecified atom stereocenters. The summed E-state index contributed by atoms with van der Waals surface area (Å²) in [5.74, 6) is 0. The summed E-state index contributed by atoms with van der Waals surface area (Å²) in [7, 11) is 0. The largest absolute Gasteiger partial charge is 0.343 e. The Morgan fingerprint density at radius 3 is 2.38 bits per heavy atom. The molecule has 164 valence electrons. The molecule has 0 aliphatic rings. The van der Waals surface area contributed by atoms with E-state index in [1.165, 1.54) is 4.52 Å². The molecule has 0 bridgehead atoms. The van der Waals surface area contributed by atoms with Gasteiger partial charge in [-0.1, -0.05) is 66.2 Å². The second kappa shape index (κ2) is 7.97. The second-order valence-electron chi connectivity index (χ2n) is 8.20. The Morgan fingerprint density at radius 2 is 1.59 bits per heavy atom. The number of fused-ring (bicyclic) bond motifs is 2. The van der Waals surface area contributed by atoms with Crippen molar-refractivity contribution in [2.45, 2.75) is 6.92 Å². The highest BCUT2D eigenvalue weighted by molar-refractivity contribution is 6.30. The lowest BCUT2D eigenvalue weighted by Gasteiger charge is -2.09. The molecule has 5 nitrogen and oxygen atoms in total. The summed E-state index contributed by atoms with van der Waals surface area (Å²) in [5.41, 5.74) is 7.01. The van der Waals surface area contributed by atoms with E-state index in [1.54, 1.807) is 6.20 Å². The SMILES string of the molecule is Cc1[nH]c2c(-c3ccccc3)c(-c3ccc(Cl)cc3)nn2c(=O)c1-c1ccc2ncccc2c1. The Bertz CT molecular complexity index is 1740. The molecule has 0 radical (unpaired) electrons. The predicted molar refractivity (Wildman–Crippen MR) is 137 cm³/mol. The zero-order valence-electron chi connectivity index (χ0n) is 18.3. The van der Waals surface area contributed by atoms with Crippen LogP contribution in [0.4, 0.5) is 0 Å². The van der Waals surface area contributed by atoms with Gasteiger partial charge in [0, 0.05) is 27.9 Å². The molecule has 1 N–H and O–H groups in total. The number of hydrogen-bond acceptors (Lipinski definition) is 3. The Balaban J connectivity index is 1.65. The number of rotatable bonds is 3. The van der Waals surface area contributed by atoms with Crippen molar-refractivity contribution in [1.82, 2.24) is 19.6 Å². The standard InChI is InChI=1S/C28H19ClN4O/c1-17-24(21-11-14-23-20(16-21)8-5-15-30-23)28(34)33-27(31-17)25(18-6-3-2-4-7-18)26(32-33)19-9-12-22(29)13-10-19/h2-16,31H,1H3. The van der Waals surface area contributed by atoms with Gasteiger partial charge in [-0.3, -0.25) is 9.78 Å². The normalized spacial score (nSPS) is 11.4. The Hall–Kier alpha value is -4.22. The molecule has 0 saturated carbocycles. The fraction of sp³-hybridized carbons (Fsp3) is 0.0357. The summed E-state index contributed by atoms with van der Waals surface area (Å²) >= 11 is 6.12. The first-order valence-electron chi connectivity index (χ1n) is 10.9. The summed E-state index contributed by atoms with van der Waals surface area (Å²) in [6.45, 7) is 1.92. The molecule has 0 aliphatic carbocycles. The summed E-state index contributed by atoms with van der Waals surface area (Å²) in [6, 6.07) is 27.2. The van der Waals surface area contributed by atoms with E-state index in [0.717, 1.165) is 44.5 Å². The number of nitrogens with one attached hydrogen (secondary N) is 1. The van der Waals surface area contributed by atoms with Crippen molar-refractivity contribution in [3.8, 4) is 33.5 Å². The number of benzene rings is 3. The van der Waals surface area contributed by atoms with Crippen LogP contribution in [0.5, 0.6) is 0 Å². The van der Waals surface area contributed by atoms with E-state index in [0.29, 0.717) is 16.2 Å². The van der Waals surface area contributed by atoms with Gasteiger partial charge in [-0.05, 0) is 48.4 Å². The summed E-state index contributed by atoms with van der Waals surface area (Å²) in [6.07, 6.45) is 1.76. The van der Waals surface area contributed by atoms with Gasteiger partial charge in [-0.2, -0.15) is 9.61 Å². The highest BCUT2D eigenvalue weighted by atomic mass is 35.5. The van der Waals surface area contributed by atoms with Gasteiger partial charge in [0.2, 0.25) is 0 Å². The maximum atomic E-state index is 13.8. The van der Waals surface area contributed by atoms with Crippen LogP contribution >= 0.6 is 11.6 Å². The molecule has 0 saturated heterocycles. The van der Waals surface area contributed by atoms with Gasteiger partial charge in [0.1, 0.15) is 11.3 Å². The van der Waals surface area contributed by atoms with Crippen LogP contribution in [0.25, 0.3) is 50.1 Å². The number of aromatic amines is 1. The van der Waals surface area contributed by atoms with Gasteiger partial charge < -0.3 is 4.98 Å². The Morgan fingerprint density at radius 1 is 0.824 bits per heavy atom. The first kappa shape index (κ1) is 20.4. The number of aryl methyl sites for hydroxylation is 1. The third-order valence-electron chi connectivity index (χ3n) is 6.04. The molecule has 3 aromatic heterocycles. The van der Waals surface area contributed by atoms with Gasteiger partial charge in [-0.25, -0.2) is 0 Å². The smallest absolute Gasteiger partial charge is 0.282 e. The van der Waals surface area contributed by atoms with Crippen LogP contribution in [0, 0.1) is 6.92 Å². The van der Waals surface area contributed by atoms with E-state index < -0.39 is 0 Å². The topological polar surface area (TPSA) is 63.1 Å². The number of nitrogens with zero attached hydrogens (tertiary/aromatic N) is 3. The molecule has 0 spiro atoms. The van der Waals surface area contributed by atoms with Gasteiger partial charge in [0.25, 0.3) is 5.56 Å². The zero-order valence-corrected chi connectivity index (χ0v) is 19.0. The van der Waals surface area contributed by atoms with Crippen molar-refractivity contribution in [3.63, 3.8) is 0 Å². The van der Waals surface area contributed by atoms with E-state index in [4.69, 9.17) is 16.7 Å². The molecule has 6 rings (SSSR count). The lowest BCUT2D eigenvalue weighted by Crippen LogP contribution is -2.19. The van der Waals surface area contributed by atoms with E-state index >= 15 is 0 Å². The van der Waals surface area contributed by atoms with Gasteiger partial charge >= 0.3 is 0 Å². The lowest BCUT2D eigenvalue weighted by atomic mass is 10.0. The quantitative estimate of drug-likeness (QED) is 0.325. The van der Waals surface area contributed by atoms with Crippen molar-refractivity contribution in [3.05, 3.63) is 112 Å². The van der Waals surface area contributed by atoms with Crippen molar-refractivity contribution in [1.29, 1.82) is 0 Å². The van der Waals surface area contributed by atoms with E-state index in [2.05, 4.69) is 9.97 Å². The third kappa shape index (κ3) is 3.29. The van der Waals surface area contributed by atoms with Crippen LogP contribution in [0.1, 0.15) is 5.69 Å². The molecular weight excluding hydrogens is 444 g/mol. The van der Waals surface area contributed by atoms with E-state index in [9.17, 15) is 4.79 Å². The third-order valence-corrected chi connectivity index (χ3v) is 6.30. The van der Waals surface area contributed by atoms with Crippen molar-refractivity contribution in [2.75, 3.05) is 0 Å². The summed E-state index contributed by atoms with van der Waals surface area (Å²) < 4.78 is 1.47. The zero-order chi connectivity index (χ0) is 23.2. The van der Waals surface area contributed by atoms with Gasteiger partial charge in [0.15, 0.2) is 0 Å². The molecule has 3 aromatic carbocycles. The molecule has 0 fully saturated rings. The highest BCUT2D eigenvalue weighted by Gasteiger charge is 2.21. The van der Waals surface area contributed by atoms with Crippen molar-refractivity contribution in [2.24, 2.45) is 0 Å². The molecule has 0 aliphatic heterocycles. The van der Waals surface area contributed by atoms with Crippen LogP contribution in [0.15, 0.2) is 95.9 Å². The monoisotopic (exact) mass is 462 g/mol. The fourth-order valence-corrected chi connectivity index (χ4v) is 4.57. The maximum absolute atomic E-state index is 13.8. The molecule has 3 heterocycles. The van der Waals surface area contributed by atoms with Crippen LogP contribution in [0.2, 0.25) is 5.02 Å². The van der Waals surface area contributed by atoms with Crippen molar-refractivity contribution < 1.29 is 0 Å². The number of halogens is 1. The highest BCUT2D eigenvalue weighted by Crippen LogP contribution is 2.35. The van der Waals surface area contributed by atoms with Gasteiger partial charge in [0.05, 0.1) is 16.6 Å². The van der Waals surface area contributed by atoms with E-state index in [-0.39, 0.29) is 5.56 Å². The number of H-pyrrole nitrogens is 1. The number of hydrogen-bond donors (Lipinski definition) is 1. The Labute approximate surface area is 200 Å². The Kier molecular flexibility index (Phi) is 4.78. The first-order valence-corrected chi connectivity index (χ1v) is 11.3. The van der Waals surface area contributed by atoms with Crippen molar-refractivity contribution >= 4 is 28.2 Å². The maximum Gasteiger partial charge on any atom is 0.282 e. The number of aromatic nitrogens is 4. The average Bonchev–Trinajstić information content (AvgIpc) is 3.24. The molecule has 6 heteroatoms.